The number of aromatic nitrogens is 4. The van der Waals surface area contributed by atoms with Gasteiger partial charge in [0.2, 0.25) is 0 Å². The van der Waals surface area contributed by atoms with Crippen LogP contribution >= 0.6 is 0 Å². The Morgan fingerprint density at radius 2 is 1.96 bits per heavy atom. The van der Waals surface area contributed by atoms with Gasteiger partial charge in [-0.3, -0.25) is 4.79 Å². The van der Waals surface area contributed by atoms with Crippen LogP contribution in [0.25, 0.3) is 5.69 Å². The van der Waals surface area contributed by atoms with Crippen LogP contribution in [-0.2, 0) is 5.66 Å². The Labute approximate surface area is 132 Å². The average molecular weight is 306 g/mol. The molecule has 7 nitrogen and oxygen atoms in total. The summed E-state index contributed by atoms with van der Waals surface area (Å²) >= 11 is 0. The number of amides is 1. The minimum atomic E-state index is -0.713. The summed E-state index contributed by atoms with van der Waals surface area (Å²) in [6.45, 7) is 1.93. The summed E-state index contributed by atoms with van der Waals surface area (Å²) in [6.07, 6.45) is 1.53. The number of para-hydroxylation sites is 1. The predicted octanol–water partition coefficient (Wildman–Crippen LogP) is 1.69. The van der Waals surface area contributed by atoms with Crippen molar-refractivity contribution in [2.75, 3.05) is 5.32 Å². The normalized spacial score (nSPS) is 19.6. The molecule has 1 amide bonds. The number of carbonyl (C=O) groups excluding carboxylic acids is 1. The van der Waals surface area contributed by atoms with Crippen molar-refractivity contribution in [1.29, 1.82) is 0 Å². The van der Waals surface area contributed by atoms with E-state index in [9.17, 15) is 4.79 Å². The van der Waals surface area contributed by atoms with Gasteiger partial charge in [0.05, 0.1) is 11.3 Å². The van der Waals surface area contributed by atoms with Crippen LogP contribution < -0.4 is 10.6 Å². The lowest BCUT2D eigenvalue weighted by atomic mass is 9.96. The Balaban J connectivity index is 1.76. The van der Waals surface area contributed by atoms with Gasteiger partial charge < -0.3 is 10.6 Å². The van der Waals surface area contributed by atoms with Crippen molar-refractivity contribution >= 4 is 11.6 Å². The zero-order valence-corrected chi connectivity index (χ0v) is 12.4. The molecular weight excluding hydrogens is 292 g/mol. The highest BCUT2D eigenvalue weighted by Gasteiger charge is 2.34. The van der Waals surface area contributed by atoms with Gasteiger partial charge in [-0.25, -0.2) is 4.68 Å². The Morgan fingerprint density at radius 3 is 2.78 bits per heavy atom. The van der Waals surface area contributed by atoms with Crippen molar-refractivity contribution in [3.63, 3.8) is 0 Å². The molecule has 4 rings (SSSR count). The molecule has 0 spiro atoms. The van der Waals surface area contributed by atoms with Gasteiger partial charge in [-0.05, 0) is 47.2 Å². The van der Waals surface area contributed by atoms with E-state index in [1.165, 1.54) is 6.33 Å². The highest BCUT2D eigenvalue weighted by molar-refractivity contribution is 6.02. The first-order chi connectivity index (χ1) is 11.2. The van der Waals surface area contributed by atoms with E-state index < -0.39 is 5.66 Å². The molecule has 1 aliphatic heterocycles. The summed E-state index contributed by atoms with van der Waals surface area (Å²) in [5.41, 5.74) is 2.47. The second kappa shape index (κ2) is 4.91. The molecule has 2 heterocycles. The van der Waals surface area contributed by atoms with Gasteiger partial charge in [0.25, 0.3) is 5.91 Å². The number of benzene rings is 2. The van der Waals surface area contributed by atoms with Crippen molar-refractivity contribution < 1.29 is 4.79 Å². The van der Waals surface area contributed by atoms with Gasteiger partial charge in [0, 0.05) is 5.69 Å². The minimum absolute atomic E-state index is 0.102. The van der Waals surface area contributed by atoms with Crippen LogP contribution in [0, 0.1) is 0 Å². The molecule has 1 unspecified atom stereocenters. The standard InChI is InChI=1S/C16H14N6O/c1-16(18-14-8-3-2-7-13(14)15(23)19-16)11-5-4-6-12(9-11)22-10-17-20-21-22/h2-10,18H,1H3,(H,19,23). The Kier molecular flexibility index (Phi) is 2.87. The minimum Gasteiger partial charge on any atom is -0.359 e. The van der Waals surface area contributed by atoms with E-state index in [1.807, 2.05) is 49.4 Å². The summed E-state index contributed by atoms with van der Waals surface area (Å²) in [6, 6.07) is 15.2. The largest absolute Gasteiger partial charge is 0.359 e. The number of carbonyl (C=O) groups is 1. The zero-order chi connectivity index (χ0) is 15.9. The summed E-state index contributed by atoms with van der Waals surface area (Å²) in [5, 5.41) is 17.6. The maximum absolute atomic E-state index is 12.4. The van der Waals surface area contributed by atoms with E-state index in [4.69, 9.17) is 0 Å². The van der Waals surface area contributed by atoms with Gasteiger partial charge in [-0.2, -0.15) is 0 Å². The first kappa shape index (κ1) is 13.4. The lowest BCUT2D eigenvalue weighted by Gasteiger charge is -2.38. The molecule has 1 aliphatic rings. The molecule has 3 aromatic rings. The molecular formula is C16H14N6O. The third kappa shape index (κ3) is 2.22. The van der Waals surface area contributed by atoms with Crippen molar-refractivity contribution in [1.82, 2.24) is 25.5 Å². The number of tetrazole rings is 1. The summed E-state index contributed by atoms with van der Waals surface area (Å²) < 4.78 is 1.57. The number of nitrogens with one attached hydrogen (secondary N) is 2. The Bertz CT molecular complexity index is 876. The average Bonchev–Trinajstić information content (AvgIpc) is 3.09. The number of nitrogens with zero attached hydrogens (tertiary/aromatic N) is 4. The van der Waals surface area contributed by atoms with Crippen LogP contribution in [0.15, 0.2) is 54.9 Å². The summed E-state index contributed by atoms with van der Waals surface area (Å²) in [5.74, 6) is -0.102. The Hall–Kier alpha value is -3.22. The van der Waals surface area contributed by atoms with Gasteiger partial charge in [0.15, 0.2) is 0 Å². The fraction of sp³-hybridized carbons (Fsp3) is 0.125. The molecule has 1 atom stereocenters. The lowest BCUT2D eigenvalue weighted by Crippen LogP contribution is -2.52. The van der Waals surface area contributed by atoms with Crippen LogP contribution in [0.5, 0.6) is 0 Å². The van der Waals surface area contributed by atoms with Gasteiger partial charge in [-0.15, -0.1) is 5.10 Å². The molecule has 0 saturated heterocycles. The van der Waals surface area contributed by atoms with E-state index >= 15 is 0 Å². The van der Waals surface area contributed by atoms with E-state index in [0.717, 1.165) is 16.9 Å². The first-order valence-electron chi connectivity index (χ1n) is 7.19. The van der Waals surface area contributed by atoms with Crippen molar-refractivity contribution in [3.05, 3.63) is 66.0 Å². The van der Waals surface area contributed by atoms with Gasteiger partial charge in [0.1, 0.15) is 12.0 Å². The third-order valence-corrected chi connectivity index (χ3v) is 3.96. The molecule has 2 N–H and O–H groups in total. The molecule has 114 valence electrons. The highest BCUT2D eigenvalue weighted by Crippen LogP contribution is 2.31. The van der Waals surface area contributed by atoms with Crippen LogP contribution in [0.3, 0.4) is 0 Å². The molecule has 0 fully saturated rings. The molecule has 0 saturated carbocycles. The van der Waals surface area contributed by atoms with Gasteiger partial charge >= 0.3 is 0 Å². The van der Waals surface area contributed by atoms with Gasteiger partial charge in [-0.1, -0.05) is 24.3 Å². The number of hydrogen-bond acceptors (Lipinski definition) is 5. The second-order valence-electron chi connectivity index (χ2n) is 5.55. The first-order valence-corrected chi connectivity index (χ1v) is 7.19. The second-order valence-corrected chi connectivity index (χ2v) is 5.55. The van der Waals surface area contributed by atoms with E-state index in [-0.39, 0.29) is 5.91 Å². The fourth-order valence-electron chi connectivity index (χ4n) is 2.77. The zero-order valence-electron chi connectivity index (χ0n) is 12.4. The van der Waals surface area contributed by atoms with Crippen molar-refractivity contribution in [2.24, 2.45) is 0 Å². The number of anilines is 1. The molecule has 23 heavy (non-hydrogen) atoms. The van der Waals surface area contributed by atoms with Crippen molar-refractivity contribution in [2.45, 2.75) is 12.6 Å². The van der Waals surface area contributed by atoms with Crippen LogP contribution in [-0.4, -0.2) is 26.1 Å². The summed E-state index contributed by atoms with van der Waals surface area (Å²) in [7, 11) is 0. The maximum Gasteiger partial charge on any atom is 0.255 e. The van der Waals surface area contributed by atoms with E-state index in [1.54, 1.807) is 10.7 Å². The molecule has 0 bridgehead atoms. The van der Waals surface area contributed by atoms with Crippen molar-refractivity contribution in [3.8, 4) is 5.69 Å². The monoisotopic (exact) mass is 306 g/mol. The lowest BCUT2D eigenvalue weighted by molar-refractivity contribution is 0.0906. The Morgan fingerprint density at radius 1 is 1.09 bits per heavy atom. The van der Waals surface area contributed by atoms with E-state index in [2.05, 4.69) is 26.2 Å². The van der Waals surface area contributed by atoms with E-state index in [0.29, 0.717) is 5.56 Å². The van der Waals surface area contributed by atoms with Crippen LogP contribution in [0.2, 0.25) is 0 Å². The quantitative estimate of drug-likeness (QED) is 0.752. The smallest absolute Gasteiger partial charge is 0.255 e. The topological polar surface area (TPSA) is 84.7 Å². The maximum atomic E-state index is 12.4. The molecule has 0 radical (unpaired) electrons. The predicted molar refractivity (Wildman–Crippen MR) is 84.0 cm³/mol. The van der Waals surface area contributed by atoms with Crippen LogP contribution in [0.1, 0.15) is 22.8 Å². The number of fused-ring (bicyclic) bond motifs is 1. The molecule has 1 aromatic heterocycles. The molecule has 2 aromatic carbocycles. The number of rotatable bonds is 2. The third-order valence-electron chi connectivity index (χ3n) is 3.96. The van der Waals surface area contributed by atoms with Crippen LogP contribution in [0.4, 0.5) is 5.69 Å². The number of hydrogen-bond donors (Lipinski definition) is 2. The highest BCUT2D eigenvalue weighted by atomic mass is 16.2. The fourth-order valence-corrected chi connectivity index (χ4v) is 2.77. The molecule has 0 aliphatic carbocycles. The molecule has 7 heteroatoms. The summed E-state index contributed by atoms with van der Waals surface area (Å²) in [4.78, 5) is 12.4. The SMILES string of the molecule is CC1(c2cccc(-n3cnnn3)c2)NC(=O)c2ccccc2N1.